The highest BCUT2D eigenvalue weighted by molar-refractivity contribution is 6.32. The number of para-hydroxylation sites is 1. The van der Waals surface area contributed by atoms with Crippen molar-refractivity contribution < 1.29 is 14.6 Å². The summed E-state index contributed by atoms with van der Waals surface area (Å²) >= 11 is 5.90. The normalized spacial score (nSPS) is 9.89. The average molecular weight is 270 g/mol. The largest absolute Gasteiger partial charge is 0.482 e. The second-order valence-electron chi connectivity index (χ2n) is 3.57. The van der Waals surface area contributed by atoms with Crippen molar-refractivity contribution in [3.63, 3.8) is 0 Å². The molecule has 1 N–H and O–H groups in total. The monoisotopic (exact) mass is 269 g/mol. The van der Waals surface area contributed by atoms with E-state index >= 15 is 0 Å². The molecule has 1 aromatic carbocycles. The lowest BCUT2D eigenvalue weighted by Crippen LogP contribution is -2.37. The van der Waals surface area contributed by atoms with E-state index in [1.807, 2.05) is 0 Å². The van der Waals surface area contributed by atoms with E-state index in [4.69, 9.17) is 21.4 Å². The number of nitrogens with zero attached hydrogens (tertiary/aromatic N) is 1. The van der Waals surface area contributed by atoms with Crippen LogP contribution in [0.4, 0.5) is 0 Å². The first-order valence-electron chi connectivity index (χ1n) is 5.56. The summed E-state index contributed by atoms with van der Waals surface area (Å²) in [5.41, 5.74) is 0. The van der Waals surface area contributed by atoms with Gasteiger partial charge in [-0.15, -0.1) is 6.58 Å². The summed E-state index contributed by atoms with van der Waals surface area (Å²) in [5.74, 6) is 0.249. The number of hydrogen-bond acceptors (Lipinski definition) is 3. The molecule has 5 heteroatoms. The molecule has 98 valence electrons. The van der Waals surface area contributed by atoms with E-state index in [-0.39, 0.29) is 25.7 Å². The first-order chi connectivity index (χ1) is 8.69. The van der Waals surface area contributed by atoms with Gasteiger partial charge >= 0.3 is 0 Å². The highest BCUT2D eigenvalue weighted by Gasteiger charge is 2.12. The maximum Gasteiger partial charge on any atom is 0.260 e. The Morgan fingerprint density at radius 2 is 2.22 bits per heavy atom. The van der Waals surface area contributed by atoms with Gasteiger partial charge in [0.25, 0.3) is 5.91 Å². The molecular weight excluding hydrogens is 254 g/mol. The van der Waals surface area contributed by atoms with Crippen LogP contribution < -0.4 is 4.74 Å². The number of hydrogen-bond donors (Lipinski definition) is 1. The molecule has 0 radical (unpaired) electrons. The van der Waals surface area contributed by atoms with Crippen LogP contribution >= 0.6 is 11.6 Å². The zero-order valence-electron chi connectivity index (χ0n) is 10.0. The van der Waals surface area contributed by atoms with Crippen LogP contribution in [0.3, 0.4) is 0 Å². The molecule has 0 heterocycles. The van der Waals surface area contributed by atoms with Gasteiger partial charge in [-0.05, 0) is 12.1 Å². The van der Waals surface area contributed by atoms with Crippen molar-refractivity contribution >= 4 is 17.5 Å². The summed E-state index contributed by atoms with van der Waals surface area (Å²) in [5, 5.41) is 9.31. The van der Waals surface area contributed by atoms with Gasteiger partial charge in [0.05, 0.1) is 11.6 Å². The molecule has 0 aliphatic rings. The van der Waals surface area contributed by atoms with Gasteiger partial charge in [-0.3, -0.25) is 4.79 Å². The number of carbonyl (C=O) groups is 1. The van der Waals surface area contributed by atoms with Crippen molar-refractivity contribution in [2.75, 3.05) is 26.3 Å². The Labute approximate surface area is 111 Å². The van der Waals surface area contributed by atoms with Crippen LogP contribution in [0.1, 0.15) is 0 Å². The summed E-state index contributed by atoms with van der Waals surface area (Å²) in [7, 11) is 0. The predicted molar refractivity (Wildman–Crippen MR) is 70.8 cm³/mol. The van der Waals surface area contributed by atoms with E-state index < -0.39 is 0 Å². The second kappa shape index (κ2) is 7.74. The molecule has 0 aliphatic heterocycles. The molecule has 4 nitrogen and oxygen atoms in total. The lowest BCUT2D eigenvalue weighted by atomic mass is 10.3. The van der Waals surface area contributed by atoms with E-state index in [0.29, 0.717) is 17.3 Å². The summed E-state index contributed by atoms with van der Waals surface area (Å²) in [6.45, 7) is 4.00. The smallest absolute Gasteiger partial charge is 0.260 e. The zero-order chi connectivity index (χ0) is 13.4. The molecule has 18 heavy (non-hydrogen) atoms. The predicted octanol–water partition coefficient (Wildman–Crippen LogP) is 1.73. The number of carbonyl (C=O) groups excluding carboxylic acids is 1. The molecule has 0 aliphatic carbocycles. The van der Waals surface area contributed by atoms with E-state index in [0.717, 1.165) is 0 Å². The van der Waals surface area contributed by atoms with Gasteiger partial charge in [-0.2, -0.15) is 0 Å². The highest BCUT2D eigenvalue weighted by Crippen LogP contribution is 2.22. The number of amides is 1. The number of benzene rings is 1. The Kier molecular flexibility index (Phi) is 6.25. The van der Waals surface area contributed by atoms with Crippen LogP contribution in [0.5, 0.6) is 5.75 Å². The summed E-state index contributed by atoms with van der Waals surface area (Å²) < 4.78 is 5.33. The van der Waals surface area contributed by atoms with Crippen LogP contribution in [-0.4, -0.2) is 42.2 Å². The van der Waals surface area contributed by atoms with Crippen molar-refractivity contribution in [3.8, 4) is 5.75 Å². The molecule has 0 atom stereocenters. The number of aliphatic hydroxyl groups is 1. The maximum absolute atomic E-state index is 11.8. The molecule has 1 amide bonds. The zero-order valence-corrected chi connectivity index (χ0v) is 10.8. The molecule has 1 aromatic rings. The molecule has 0 saturated carbocycles. The van der Waals surface area contributed by atoms with Gasteiger partial charge in [-0.1, -0.05) is 29.8 Å². The van der Waals surface area contributed by atoms with E-state index in [1.165, 1.54) is 4.90 Å². The summed E-state index contributed by atoms with van der Waals surface area (Å²) in [4.78, 5) is 13.3. The van der Waals surface area contributed by atoms with Crippen LogP contribution in [0.15, 0.2) is 36.9 Å². The standard InChI is InChI=1S/C13H16ClNO3/c1-2-7-15(8-9-16)13(17)10-18-12-6-4-3-5-11(12)14/h2-6,16H,1,7-10H2. The Morgan fingerprint density at radius 1 is 1.50 bits per heavy atom. The van der Waals surface area contributed by atoms with Gasteiger partial charge in [0.2, 0.25) is 0 Å². The first kappa shape index (κ1) is 14.5. The Bertz CT molecular complexity index is 409. The van der Waals surface area contributed by atoms with Crippen LogP contribution in [0.25, 0.3) is 0 Å². The Morgan fingerprint density at radius 3 is 2.83 bits per heavy atom. The van der Waals surface area contributed by atoms with E-state index in [9.17, 15) is 4.79 Å². The van der Waals surface area contributed by atoms with E-state index in [1.54, 1.807) is 30.3 Å². The molecule has 0 bridgehead atoms. The molecule has 0 unspecified atom stereocenters. The lowest BCUT2D eigenvalue weighted by molar-refractivity contribution is -0.133. The Balaban J connectivity index is 2.53. The minimum absolute atomic E-state index is 0.0916. The van der Waals surface area contributed by atoms with Gasteiger partial charge < -0.3 is 14.7 Å². The Hall–Kier alpha value is -1.52. The fourth-order valence-electron chi connectivity index (χ4n) is 1.39. The minimum atomic E-state index is -0.219. The number of halogens is 1. The van der Waals surface area contributed by atoms with Crippen molar-refractivity contribution in [3.05, 3.63) is 41.9 Å². The fraction of sp³-hybridized carbons (Fsp3) is 0.308. The molecular formula is C13H16ClNO3. The molecule has 0 saturated heterocycles. The SMILES string of the molecule is C=CCN(CCO)C(=O)COc1ccccc1Cl. The fourth-order valence-corrected chi connectivity index (χ4v) is 1.58. The number of aliphatic hydroxyl groups excluding tert-OH is 1. The topological polar surface area (TPSA) is 49.8 Å². The molecule has 1 rings (SSSR count). The third-order valence-corrected chi connectivity index (χ3v) is 2.57. The third kappa shape index (κ3) is 4.39. The van der Waals surface area contributed by atoms with Gasteiger partial charge in [0, 0.05) is 13.1 Å². The lowest BCUT2D eigenvalue weighted by Gasteiger charge is -2.20. The third-order valence-electron chi connectivity index (χ3n) is 2.26. The van der Waals surface area contributed by atoms with Crippen LogP contribution in [0, 0.1) is 0 Å². The van der Waals surface area contributed by atoms with Crippen molar-refractivity contribution in [2.45, 2.75) is 0 Å². The van der Waals surface area contributed by atoms with Crippen molar-refractivity contribution in [1.29, 1.82) is 0 Å². The van der Waals surface area contributed by atoms with Crippen LogP contribution in [0.2, 0.25) is 5.02 Å². The number of rotatable bonds is 7. The average Bonchev–Trinajstić information content (AvgIpc) is 2.37. The van der Waals surface area contributed by atoms with Crippen molar-refractivity contribution in [2.24, 2.45) is 0 Å². The first-order valence-corrected chi connectivity index (χ1v) is 5.93. The summed E-state index contributed by atoms with van der Waals surface area (Å²) in [6, 6.07) is 6.95. The van der Waals surface area contributed by atoms with Crippen molar-refractivity contribution in [1.82, 2.24) is 4.90 Å². The maximum atomic E-state index is 11.8. The van der Waals surface area contributed by atoms with Gasteiger partial charge in [-0.25, -0.2) is 0 Å². The van der Waals surface area contributed by atoms with Crippen LogP contribution in [-0.2, 0) is 4.79 Å². The molecule has 0 fully saturated rings. The minimum Gasteiger partial charge on any atom is -0.482 e. The highest BCUT2D eigenvalue weighted by atomic mass is 35.5. The van der Waals surface area contributed by atoms with Gasteiger partial charge in [0.15, 0.2) is 6.61 Å². The molecule has 0 spiro atoms. The second-order valence-corrected chi connectivity index (χ2v) is 3.98. The van der Waals surface area contributed by atoms with E-state index in [2.05, 4.69) is 6.58 Å². The quantitative estimate of drug-likeness (QED) is 0.767. The van der Waals surface area contributed by atoms with Gasteiger partial charge in [0.1, 0.15) is 5.75 Å². The molecule has 0 aromatic heterocycles. The summed E-state index contributed by atoms with van der Waals surface area (Å²) in [6.07, 6.45) is 1.60. The number of ether oxygens (including phenoxy) is 1.